The smallest absolute Gasteiger partial charge is 0.118 e. The minimum atomic E-state index is 0.782. The zero-order valence-electron chi connectivity index (χ0n) is 17.8. The fraction of sp³-hybridized carbons (Fsp3) is 0.231. The van der Waals surface area contributed by atoms with Crippen LogP contribution in [0.15, 0.2) is 66.7 Å². The third-order valence-electron chi connectivity index (χ3n) is 5.78. The van der Waals surface area contributed by atoms with Crippen molar-refractivity contribution in [1.29, 1.82) is 0 Å². The summed E-state index contributed by atoms with van der Waals surface area (Å²) < 4.78 is 17.6. The first-order valence-corrected chi connectivity index (χ1v) is 11.3. The Hall–Kier alpha value is -3.02. The number of rotatable bonds is 5. The fourth-order valence-electron chi connectivity index (χ4n) is 4.09. The summed E-state index contributed by atoms with van der Waals surface area (Å²) in [4.78, 5) is 3.67. The summed E-state index contributed by atoms with van der Waals surface area (Å²) in [6.45, 7) is 3.42. The Morgan fingerprint density at radius 3 is 2.00 bits per heavy atom. The molecule has 4 aromatic rings. The molecule has 1 aromatic heterocycles. The van der Waals surface area contributed by atoms with Crippen LogP contribution in [0.4, 0.5) is 5.69 Å². The van der Waals surface area contributed by atoms with Crippen LogP contribution in [0.3, 0.4) is 0 Å². The van der Waals surface area contributed by atoms with E-state index in [0.717, 1.165) is 37.8 Å². The Bertz CT molecular complexity index is 1180. The lowest BCUT2D eigenvalue weighted by Crippen LogP contribution is -2.36. The Morgan fingerprint density at radius 2 is 1.39 bits per heavy atom. The first-order chi connectivity index (χ1) is 15.3. The summed E-state index contributed by atoms with van der Waals surface area (Å²) in [5.41, 5.74) is 4.91. The van der Waals surface area contributed by atoms with E-state index < -0.39 is 0 Å². The molecular weight excluding hydrogens is 406 g/mol. The maximum atomic E-state index is 5.54. The molecule has 31 heavy (non-hydrogen) atoms. The highest BCUT2D eigenvalue weighted by Gasteiger charge is 2.18. The minimum Gasteiger partial charge on any atom is -0.497 e. The van der Waals surface area contributed by atoms with E-state index in [-0.39, 0.29) is 0 Å². The van der Waals surface area contributed by atoms with Gasteiger partial charge in [-0.2, -0.15) is 0 Å². The van der Waals surface area contributed by atoms with Gasteiger partial charge in [-0.15, -0.1) is 11.3 Å². The summed E-state index contributed by atoms with van der Waals surface area (Å²) in [5, 5.41) is 1.28. The molecule has 158 valence electrons. The lowest BCUT2D eigenvalue weighted by Gasteiger charge is -2.29. The van der Waals surface area contributed by atoms with Gasteiger partial charge in [-0.3, -0.25) is 0 Å². The second kappa shape index (κ2) is 8.61. The molecule has 0 aliphatic carbocycles. The number of hydrogen-bond donors (Lipinski definition) is 0. The van der Waals surface area contributed by atoms with Crippen molar-refractivity contribution in [1.82, 2.24) is 0 Å². The van der Waals surface area contributed by atoms with E-state index >= 15 is 0 Å². The molecule has 0 amide bonds. The lowest BCUT2D eigenvalue weighted by molar-refractivity contribution is 0.122. The van der Waals surface area contributed by atoms with Crippen LogP contribution >= 0.6 is 11.3 Å². The summed E-state index contributed by atoms with van der Waals surface area (Å²) in [7, 11) is 3.40. The highest BCUT2D eigenvalue weighted by Crippen LogP contribution is 2.46. The maximum absolute atomic E-state index is 5.54. The van der Waals surface area contributed by atoms with E-state index in [0.29, 0.717) is 0 Å². The number of methoxy groups -OCH3 is 2. The third-order valence-corrected chi connectivity index (χ3v) is 7.00. The van der Waals surface area contributed by atoms with Crippen LogP contribution in [0.1, 0.15) is 0 Å². The molecular formula is C26H25NO3S. The van der Waals surface area contributed by atoms with Gasteiger partial charge in [-0.25, -0.2) is 0 Å². The van der Waals surface area contributed by atoms with Crippen LogP contribution in [-0.2, 0) is 4.74 Å². The van der Waals surface area contributed by atoms with Gasteiger partial charge in [0, 0.05) is 39.3 Å². The number of fused-ring (bicyclic) bond motifs is 1. The van der Waals surface area contributed by atoms with Crippen LogP contribution in [0.2, 0.25) is 0 Å². The van der Waals surface area contributed by atoms with Crippen molar-refractivity contribution in [3.8, 4) is 33.1 Å². The molecule has 0 N–H and O–H groups in total. The fourth-order valence-corrected chi connectivity index (χ4v) is 5.30. The molecule has 4 nitrogen and oxygen atoms in total. The number of morpholine rings is 1. The Balaban J connectivity index is 1.68. The van der Waals surface area contributed by atoms with E-state index in [1.807, 2.05) is 35.6 Å². The molecule has 0 atom stereocenters. The Labute approximate surface area is 186 Å². The van der Waals surface area contributed by atoms with Gasteiger partial charge in [0.05, 0.1) is 27.4 Å². The Kier molecular flexibility index (Phi) is 5.53. The van der Waals surface area contributed by atoms with Gasteiger partial charge in [0.2, 0.25) is 0 Å². The lowest BCUT2D eigenvalue weighted by atomic mass is 9.98. The molecule has 1 fully saturated rings. The Morgan fingerprint density at radius 1 is 0.774 bits per heavy atom. The van der Waals surface area contributed by atoms with E-state index in [4.69, 9.17) is 14.2 Å². The van der Waals surface area contributed by atoms with Crippen molar-refractivity contribution in [3.05, 3.63) is 66.7 Å². The monoisotopic (exact) mass is 431 g/mol. The molecule has 0 unspecified atom stereocenters. The van der Waals surface area contributed by atoms with Crippen molar-refractivity contribution >= 4 is 27.1 Å². The molecule has 0 saturated carbocycles. The van der Waals surface area contributed by atoms with Gasteiger partial charge in [-0.1, -0.05) is 12.1 Å². The van der Waals surface area contributed by atoms with Crippen LogP contribution in [0, 0.1) is 0 Å². The topological polar surface area (TPSA) is 30.9 Å². The van der Waals surface area contributed by atoms with E-state index in [1.165, 1.54) is 37.3 Å². The van der Waals surface area contributed by atoms with Gasteiger partial charge in [0.15, 0.2) is 0 Å². The summed E-state index contributed by atoms with van der Waals surface area (Å²) in [6, 6.07) is 23.5. The standard InChI is InChI=1S/C26H25NO3S/c1-28-21-8-3-18(4-9-21)25-23-17-20(27-13-15-30-16-14-27)7-12-24(23)31-26(25)19-5-10-22(29-2)11-6-19/h3-12,17H,13-16H2,1-2H3. The molecule has 2 heterocycles. The van der Waals surface area contributed by atoms with Gasteiger partial charge < -0.3 is 19.1 Å². The second-order valence-electron chi connectivity index (χ2n) is 7.54. The highest BCUT2D eigenvalue weighted by atomic mass is 32.1. The zero-order valence-corrected chi connectivity index (χ0v) is 18.6. The van der Waals surface area contributed by atoms with Gasteiger partial charge in [0.1, 0.15) is 11.5 Å². The first-order valence-electron chi connectivity index (χ1n) is 10.4. The van der Waals surface area contributed by atoms with Crippen LogP contribution in [0.25, 0.3) is 31.7 Å². The number of thiophene rings is 1. The molecule has 3 aromatic carbocycles. The molecule has 0 bridgehead atoms. The predicted octanol–water partition coefficient (Wildman–Crippen LogP) is 6.09. The quantitative estimate of drug-likeness (QED) is 0.383. The number of benzene rings is 3. The zero-order chi connectivity index (χ0) is 21.2. The average Bonchev–Trinajstić information content (AvgIpc) is 3.23. The van der Waals surface area contributed by atoms with Crippen LogP contribution < -0.4 is 14.4 Å². The minimum absolute atomic E-state index is 0.782. The molecule has 5 heteroatoms. The summed E-state index contributed by atoms with van der Waals surface area (Å²) in [6.07, 6.45) is 0. The number of hydrogen-bond acceptors (Lipinski definition) is 5. The third kappa shape index (κ3) is 3.87. The van der Waals surface area contributed by atoms with Crippen molar-refractivity contribution in [2.24, 2.45) is 0 Å². The SMILES string of the molecule is COc1ccc(-c2sc3ccc(N4CCOCC4)cc3c2-c2ccc(OC)cc2)cc1. The van der Waals surface area contributed by atoms with E-state index in [9.17, 15) is 0 Å². The first kappa shape index (κ1) is 19.9. The van der Waals surface area contributed by atoms with Gasteiger partial charge in [-0.05, 0) is 65.7 Å². The number of anilines is 1. The largest absolute Gasteiger partial charge is 0.497 e. The average molecular weight is 432 g/mol. The van der Waals surface area contributed by atoms with Crippen molar-refractivity contribution < 1.29 is 14.2 Å². The number of ether oxygens (including phenoxy) is 3. The second-order valence-corrected chi connectivity index (χ2v) is 8.60. The summed E-state index contributed by atoms with van der Waals surface area (Å²) in [5.74, 6) is 1.73. The molecule has 0 spiro atoms. The normalized spacial score (nSPS) is 14.1. The molecule has 1 aliphatic rings. The van der Waals surface area contributed by atoms with Crippen molar-refractivity contribution in [2.75, 3.05) is 45.4 Å². The molecule has 5 rings (SSSR count). The predicted molar refractivity (Wildman–Crippen MR) is 129 cm³/mol. The molecule has 1 saturated heterocycles. The van der Waals surface area contributed by atoms with Crippen LogP contribution in [-0.4, -0.2) is 40.5 Å². The van der Waals surface area contributed by atoms with Gasteiger partial charge >= 0.3 is 0 Å². The van der Waals surface area contributed by atoms with E-state index in [2.05, 4.69) is 47.4 Å². The molecule has 1 aliphatic heterocycles. The highest BCUT2D eigenvalue weighted by molar-refractivity contribution is 7.23. The van der Waals surface area contributed by atoms with Gasteiger partial charge in [0.25, 0.3) is 0 Å². The van der Waals surface area contributed by atoms with Crippen molar-refractivity contribution in [3.63, 3.8) is 0 Å². The van der Waals surface area contributed by atoms with Crippen molar-refractivity contribution in [2.45, 2.75) is 0 Å². The maximum Gasteiger partial charge on any atom is 0.118 e. The summed E-state index contributed by atoms with van der Waals surface area (Å²) >= 11 is 1.84. The van der Waals surface area contributed by atoms with Crippen LogP contribution in [0.5, 0.6) is 11.5 Å². The number of nitrogens with zero attached hydrogens (tertiary/aromatic N) is 1. The molecule has 0 radical (unpaired) electrons. The van der Waals surface area contributed by atoms with E-state index in [1.54, 1.807) is 14.2 Å².